The molecule has 0 fully saturated rings. The van der Waals surface area contributed by atoms with E-state index in [1.54, 1.807) is 12.1 Å². The number of nitrogens with one attached hydrogen (secondary N) is 1. The number of allylic oxidation sites excluding steroid dienone is 2. The monoisotopic (exact) mass is 418 g/mol. The van der Waals surface area contributed by atoms with Crippen molar-refractivity contribution < 1.29 is 4.92 Å². The van der Waals surface area contributed by atoms with Gasteiger partial charge in [-0.3, -0.25) is 10.1 Å². The molecule has 0 radical (unpaired) electrons. The molecule has 0 amide bonds. The van der Waals surface area contributed by atoms with Crippen LogP contribution in [0.4, 0.5) is 11.4 Å². The van der Waals surface area contributed by atoms with Crippen LogP contribution in [0.25, 0.3) is 0 Å². The van der Waals surface area contributed by atoms with Gasteiger partial charge in [0.1, 0.15) is 0 Å². The normalized spacial score (nSPS) is 24.7. The highest BCUT2D eigenvalue weighted by atomic mass is 127. The minimum absolute atomic E-state index is 0.139. The molecule has 0 aromatic heterocycles. The van der Waals surface area contributed by atoms with Crippen LogP contribution in [0, 0.1) is 19.6 Å². The first kappa shape index (κ1) is 14.7. The number of hydrogen-bond donors (Lipinski definition) is 1. The lowest BCUT2D eigenvalue weighted by atomic mass is 9.77. The van der Waals surface area contributed by atoms with Crippen molar-refractivity contribution in [1.82, 2.24) is 0 Å². The summed E-state index contributed by atoms with van der Waals surface area (Å²) < 4.78 is 1.25. The van der Waals surface area contributed by atoms with Crippen molar-refractivity contribution in [3.63, 3.8) is 0 Å². The van der Waals surface area contributed by atoms with E-state index in [4.69, 9.17) is 0 Å². The van der Waals surface area contributed by atoms with E-state index in [2.05, 4.69) is 58.3 Å². The standard InChI is InChI=1S/C18H15IN2O2/c19-12-6-9-17-16(10-12)14-2-1-3-15(14)18(20-17)11-4-7-13(8-5-11)21(22)23/h1-2,4-10,14-15,18,20H,3H2/t14-,15+,18-/m1/s1. The largest absolute Gasteiger partial charge is 0.378 e. The molecular formula is C18H15IN2O2. The quantitative estimate of drug-likeness (QED) is 0.322. The number of anilines is 1. The molecule has 1 aliphatic heterocycles. The SMILES string of the molecule is O=[N+]([O-])c1ccc([C@H]2Nc3ccc(I)cc3[C@@H]3C=CC[C@H]23)cc1. The highest BCUT2D eigenvalue weighted by Gasteiger charge is 2.37. The molecule has 23 heavy (non-hydrogen) atoms. The number of fused-ring (bicyclic) bond motifs is 3. The van der Waals surface area contributed by atoms with E-state index in [0.29, 0.717) is 11.8 Å². The Hall–Kier alpha value is -1.89. The first-order valence-corrected chi connectivity index (χ1v) is 8.68. The minimum atomic E-state index is -0.352. The van der Waals surface area contributed by atoms with Crippen molar-refractivity contribution in [2.45, 2.75) is 18.4 Å². The molecular weight excluding hydrogens is 403 g/mol. The van der Waals surface area contributed by atoms with E-state index in [1.165, 1.54) is 14.8 Å². The summed E-state index contributed by atoms with van der Waals surface area (Å²) in [4.78, 5) is 10.5. The number of rotatable bonds is 2. The fourth-order valence-electron chi connectivity index (χ4n) is 3.70. The van der Waals surface area contributed by atoms with E-state index >= 15 is 0 Å². The van der Waals surface area contributed by atoms with Gasteiger partial charge in [0.15, 0.2) is 0 Å². The van der Waals surface area contributed by atoms with Gasteiger partial charge in [-0.25, -0.2) is 0 Å². The van der Waals surface area contributed by atoms with Gasteiger partial charge < -0.3 is 5.32 Å². The smallest absolute Gasteiger partial charge is 0.269 e. The summed E-state index contributed by atoms with van der Waals surface area (Å²) in [5, 5.41) is 14.5. The lowest BCUT2D eigenvalue weighted by molar-refractivity contribution is -0.384. The van der Waals surface area contributed by atoms with Crippen LogP contribution in [-0.2, 0) is 0 Å². The first-order chi connectivity index (χ1) is 11.1. The van der Waals surface area contributed by atoms with Gasteiger partial charge >= 0.3 is 0 Å². The lowest BCUT2D eigenvalue weighted by Gasteiger charge is -2.37. The molecule has 0 saturated carbocycles. The van der Waals surface area contributed by atoms with E-state index < -0.39 is 0 Å². The van der Waals surface area contributed by atoms with Gasteiger partial charge in [-0.2, -0.15) is 0 Å². The molecule has 1 aliphatic carbocycles. The van der Waals surface area contributed by atoms with Crippen LogP contribution in [0.1, 0.15) is 29.5 Å². The summed E-state index contributed by atoms with van der Waals surface area (Å²) in [6.45, 7) is 0. The zero-order chi connectivity index (χ0) is 16.0. The molecule has 4 nitrogen and oxygen atoms in total. The van der Waals surface area contributed by atoms with Crippen LogP contribution in [0.15, 0.2) is 54.6 Å². The van der Waals surface area contributed by atoms with Gasteiger partial charge in [-0.1, -0.05) is 24.3 Å². The zero-order valence-electron chi connectivity index (χ0n) is 12.3. The maximum absolute atomic E-state index is 10.8. The summed E-state index contributed by atoms with van der Waals surface area (Å²) in [6, 6.07) is 13.6. The van der Waals surface area contributed by atoms with Gasteiger partial charge in [-0.05, 0) is 64.3 Å². The average molecular weight is 418 g/mol. The van der Waals surface area contributed by atoms with E-state index in [9.17, 15) is 10.1 Å². The summed E-state index contributed by atoms with van der Waals surface area (Å²) in [5.41, 5.74) is 3.77. The minimum Gasteiger partial charge on any atom is -0.378 e. The number of nitro benzene ring substituents is 1. The van der Waals surface area contributed by atoms with Crippen molar-refractivity contribution in [2.75, 3.05) is 5.32 Å². The Morgan fingerprint density at radius 1 is 1.17 bits per heavy atom. The van der Waals surface area contributed by atoms with Gasteiger partial charge in [0.25, 0.3) is 5.69 Å². The Kier molecular flexibility index (Phi) is 3.60. The molecule has 4 rings (SSSR count). The van der Waals surface area contributed by atoms with E-state index in [0.717, 1.165) is 12.0 Å². The maximum Gasteiger partial charge on any atom is 0.269 e. The summed E-state index contributed by atoms with van der Waals surface area (Å²) in [7, 11) is 0. The number of nitrogens with zero attached hydrogens (tertiary/aromatic N) is 1. The third kappa shape index (κ3) is 2.52. The molecule has 0 spiro atoms. The Morgan fingerprint density at radius 3 is 2.70 bits per heavy atom. The average Bonchev–Trinajstić information content (AvgIpc) is 3.04. The molecule has 2 aromatic carbocycles. The first-order valence-electron chi connectivity index (χ1n) is 7.60. The van der Waals surface area contributed by atoms with Crippen molar-refractivity contribution in [3.8, 4) is 0 Å². The van der Waals surface area contributed by atoms with Crippen molar-refractivity contribution in [3.05, 3.63) is 79.4 Å². The third-order valence-corrected chi connectivity index (χ3v) is 5.46. The molecule has 0 unspecified atom stereocenters. The topological polar surface area (TPSA) is 55.2 Å². The number of hydrogen-bond acceptors (Lipinski definition) is 3. The summed E-state index contributed by atoms with van der Waals surface area (Å²) in [5.74, 6) is 0.878. The molecule has 1 N–H and O–H groups in total. The second-order valence-corrected chi connectivity index (χ2v) is 7.30. The summed E-state index contributed by atoms with van der Waals surface area (Å²) >= 11 is 2.35. The number of nitro groups is 1. The Morgan fingerprint density at radius 2 is 1.96 bits per heavy atom. The zero-order valence-corrected chi connectivity index (χ0v) is 14.4. The molecule has 2 aromatic rings. The molecule has 3 atom stereocenters. The van der Waals surface area contributed by atoms with Crippen LogP contribution in [0.5, 0.6) is 0 Å². The number of non-ortho nitro benzene ring substituents is 1. The lowest BCUT2D eigenvalue weighted by Crippen LogP contribution is -2.29. The highest BCUT2D eigenvalue weighted by Crippen LogP contribution is 2.50. The van der Waals surface area contributed by atoms with Crippen LogP contribution in [-0.4, -0.2) is 4.92 Å². The van der Waals surface area contributed by atoms with Gasteiger partial charge in [0, 0.05) is 27.3 Å². The second-order valence-electron chi connectivity index (χ2n) is 6.06. The molecule has 0 bridgehead atoms. The second kappa shape index (κ2) is 5.63. The molecule has 0 saturated heterocycles. The van der Waals surface area contributed by atoms with Crippen molar-refractivity contribution in [1.29, 1.82) is 0 Å². The predicted molar refractivity (Wildman–Crippen MR) is 98.6 cm³/mol. The van der Waals surface area contributed by atoms with Gasteiger partial charge in [0.05, 0.1) is 11.0 Å². The van der Waals surface area contributed by atoms with Crippen LogP contribution >= 0.6 is 22.6 Å². The summed E-state index contributed by atoms with van der Waals surface area (Å²) in [6.07, 6.45) is 5.59. The van der Waals surface area contributed by atoms with Crippen molar-refractivity contribution >= 4 is 34.0 Å². The van der Waals surface area contributed by atoms with E-state index in [1.807, 2.05) is 12.1 Å². The number of halogens is 1. The third-order valence-electron chi connectivity index (χ3n) is 4.79. The molecule has 5 heteroatoms. The Labute approximate surface area is 147 Å². The molecule has 1 heterocycles. The van der Waals surface area contributed by atoms with E-state index in [-0.39, 0.29) is 16.7 Å². The maximum atomic E-state index is 10.8. The van der Waals surface area contributed by atoms with Crippen LogP contribution in [0.2, 0.25) is 0 Å². The van der Waals surface area contributed by atoms with Crippen LogP contribution < -0.4 is 5.32 Å². The predicted octanol–water partition coefficient (Wildman–Crippen LogP) is 5.03. The Bertz CT molecular complexity index is 801. The Balaban J connectivity index is 1.73. The number of benzene rings is 2. The molecule has 2 aliphatic rings. The highest BCUT2D eigenvalue weighted by molar-refractivity contribution is 14.1. The molecule has 116 valence electrons. The fraction of sp³-hybridized carbons (Fsp3) is 0.222. The van der Waals surface area contributed by atoms with Gasteiger partial charge in [-0.15, -0.1) is 0 Å². The van der Waals surface area contributed by atoms with Gasteiger partial charge in [0.2, 0.25) is 0 Å². The van der Waals surface area contributed by atoms with Crippen molar-refractivity contribution in [2.24, 2.45) is 5.92 Å². The fourth-order valence-corrected chi connectivity index (χ4v) is 4.21. The van der Waals surface area contributed by atoms with Crippen LogP contribution in [0.3, 0.4) is 0 Å².